The number of hydrogen-bond acceptors (Lipinski definition) is 4. The topological polar surface area (TPSA) is 39.7 Å². The first-order valence-electron chi connectivity index (χ1n) is 10.1. The molecular weight excluding hydrogens is 336 g/mol. The number of hydrogen-bond donors (Lipinski definition) is 0. The van der Waals surface area contributed by atoms with Gasteiger partial charge in [-0.05, 0) is 37.1 Å². The monoisotopic (exact) mass is 364 g/mol. The summed E-state index contributed by atoms with van der Waals surface area (Å²) in [4.78, 5) is 24.0. The number of piperazine rings is 1. The number of rotatable bonds is 3. The first kappa shape index (κ1) is 17.8. The number of benzene rings is 1. The van der Waals surface area contributed by atoms with Crippen LogP contribution in [-0.2, 0) is 0 Å². The van der Waals surface area contributed by atoms with Gasteiger partial charge in [-0.1, -0.05) is 31.0 Å². The number of pyridine rings is 1. The quantitative estimate of drug-likeness (QED) is 0.837. The fourth-order valence-electron chi connectivity index (χ4n) is 3.99. The number of aromatic nitrogens is 1. The Bertz CT molecular complexity index is 731. The Labute approximate surface area is 161 Å². The molecule has 27 heavy (non-hydrogen) atoms. The molecule has 0 saturated carbocycles. The summed E-state index contributed by atoms with van der Waals surface area (Å²) in [6.45, 7) is 5.62. The number of anilines is 2. The summed E-state index contributed by atoms with van der Waals surface area (Å²) in [7, 11) is 0. The van der Waals surface area contributed by atoms with E-state index < -0.39 is 0 Å². The molecule has 2 fully saturated rings. The van der Waals surface area contributed by atoms with E-state index in [1.807, 2.05) is 17.0 Å². The molecule has 0 aliphatic carbocycles. The summed E-state index contributed by atoms with van der Waals surface area (Å²) in [5, 5.41) is 0. The van der Waals surface area contributed by atoms with Crippen LogP contribution in [0.2, 0.25) is 0 Å². The van der Waals surface area contributed by atoms with E-state index in [-0.39, 0.29) is 5.91 Å². The van der Waals surface area contributed by atoms with Crippen LogP contribution < -0.4 is 9.80 Å². The largest absolute Gasteiger partial charge is 0.368 e. The second-order valence-corrected chi connectivity index (χ2v) is 7.42. The van der Waals surface area contributed by atoms with E-state index in [2.05, 4.69) is 45.1 Å². The maximum atomic E-state index is 12.7. The van der Waals surface area contributed by atoms with Crippen molar-refractivity contribution in [2.24, 2.45) is 0 Å². The predicted molar refractivity (Wildman–Crippen MR) is 109 cm³/mol. The van der Waals surface area contributed by atoms with Crippen molar-refractivity contribution in [3.05, 3.63) is 54.2 Å². The molecule has 1 amide bonds. The molecule has 2 aromatic rings. The average molecular weight is 364 g/mol. The van der Waals surface area contributed by atoms with Gasteiger partial charge in [0.1, 0.15) is 5.82 Å². The van der Waals surface area contributed by atoms with Crippen molar-refractivity contribution >= 4 is 17.4 Å². The minimum absolute atomic E-state index is 0.129. The van der Waals surface area contributed by atoms with Gasteiger partial charge in [0.2, 0.25) is 0 Å². The number of carbonyl (C=O) groups excluding carboxylic acids is 1. The van der Waals surface area contributed by atoms with E-state index in [0.29, 0.717) is 5.56 Å². The van der Waals surface area contributed by atoms with Crippen LogP contribution in [0.25, 0.3) is 0 Å². The van der Waals surface area contributed by atoms with Crippen molar-refractivity contribution in [1.82, 2.24) is 9.88 Å². The highest BCUT2D eigenvalue weighted by Crippen LogP contribution is 2.20. The van der Waals surface area contributed by atoms with Gasteiger partial charge < -0.3 is 14.7 Å². The molecule has 0 bridgehead atoms. The molecular formula is C22H28N4O. The van der Waals surface area contributed by atoms with E-state index in [9.17, 15) is 4.79 Å². The Morgan fingerprint density at radius 1 is 0.741 bits per heavy atom. The predicted octanol–water partition coefficient (Wildman–Crippen LogP) is 3.42. The van der Waals surface area contributed by atoms with E-state index in [0.717, 1.165) is 57.9 Å². The van der Waals surface area contributed by atoms with Gasteiger partial charge in [0.25, 0.3) is 5.91 Å². The summed E-state index contributed by atoms with van der Waals surface area (Å²) >= 11 is 0. The highest BCUT2D eigenvalue weighted by molar-refractivity contribution is 5.94. The van der Waals surface area contributed by atoms with Crippen molar-refractivity contribution in [3.8, 4) is 0 Å². The molecule has 2 aliphatic heterocycles. The summed E-state index contributed by atoms with van der Waals surface area (Å²) in [5.41, 5.74) is 1.99. The molecule has 1 aromatic heterocycles. The van der Waals surface area contributed by atoms with Crippen molar-refractivity contribution in [1.29, 1.82) is 0 Å². The Balaban J connectivity index is 1.36. The number of amides is 1. The van der Waals surface area contributed by atoms with Crippen molar-refractivity contribution in [3.63, 3.8) is 0 Å². The third-order valence-corrected chi connectivity index (χ3v) is 5.61. The van der Waals surface area contributed by atoms with Gasteiger partial charge in [0.05, 0.1) is 5.56 Å². The van der Waals surface area contributed by atoms with Crippen LogP contribution >= 0.6 is 0 Å². The lowest BCUT2D eigenvalue weighted by Crippen LogP contribution is -2.46. The van der Waals surface area contributed by atoms with Crippen LogP contribution in [0.3, 0.4) is 0 Å². The Kier molecular flexibility index (Phi) is 5.56. The molecule has 142 valence electrons. The van der Waals surface area contributed by atoms with Gasteiger partial charge in [-0.15, -0.1) is 0 Å². The summed E-state index contributed by atoms with van der Waals surface area (Å²) < 4.78 is 0. The van der Waals surface area contributed by atoms with Gasteiger partial charge in [-0.2, -0.15) is 0 Å². The van der Waals surface area contributed by atoms with Crippen molar-refractivity contribution < 1.29 is 4.79 Å². The Hall–Kier alpha value is -2.56. The van der Waals surface area contributed by atoms with Crippen LogP contribution in [0, 0.1) is 0 Å². The van der Waals surface area contributed by atoms with Crippen LogP contribution in [0.15, 0.2) is 48.7 Å². The highest BCUT2D eigenvalue weighted by Gasteiger charge is 2.20. The zero-order chi connectivity index (χ0) is 18.5. The van der Waals surface area contributed by atoms with Gasteiger partial charge >= 0.3 is 0 Å². The molecule has 2 saturated heterocycles. The van der Waals surface area contributed by atoms with Crippen LogP contribution in [0.4, 0.5) is 11.5 Å². The first-order chi connectivity index (χ1) is 13.3. The minimum atomic E-state index is 0.129. The molecule has 0 N–H and O–H groups in total. The highest BCUT2D eigenvalue weighted by atomic mass is 16.2. The normalized spacial score (nSPS) is 18.3. The maximum absolute atomic E-state index is 12.7. The fraction of sp³-hybridized carbons (Fsp3) is 0.455. The van der Waals surface area contributed by atoms with Crippen LogP contribution in [0.5, 0.6) is 0 Å². The fourth-order valence-corrected chi connectivity index (χ4v) is 3.99. The average Bonchev–Trinajstić information content (AvgIpc) is 3.04. The lowest BCUT2D eigenvalue weighted by molar-refractivity contribution is 0.0761. The second-order valence-electron chi connectivity index (χ2n) is 7.42. The molecule has 0 atom stereocenters. The molecule has 3 heterocycles. The van der Waals surface area contributed by atoms with Crippen molar-refractivity contribution in [2.45, 2.75) is 25.7 Å². The summed E-state index contributed by atoms with van der Waals surface area (Å²) in [6.07, 6.45) is 6.45. The Morgan fingerprint density at radius 2 is 1.41 bits per heavy atom. The Morgan fingerprint density at radius 3 is 2.04 bits per heavy atom. The van der Waals surface area contributed by atoms with E-state index >= 15 is 0 Å². The molecule has 0 unspecified atom stereocenters. The third kappa shape index (κ3) is 4.24. The second kappa shape index (κ2) is 8.42. The van der Waals surface area contributed by atoms with Crippen LogP contribution in [0.1, 0.15) is 36.0 Å². The van der Waals surface area contributed by atoms with E-state index in [1.165, 1.54) is 18.5 Å². The first-order valence-corrected chi connectivity index (χ1v) is 10.1. The summed E-state index contributed by atoms with van der Waals surface area (Å²) in [6, 6.07) is 14.5. The van der Waals surface area contributed by atoms with E-state index in [4.69, 9.17) is 0 Å². The summed E-state index contributed by atoms with van der Waals surface area (Å²) in [5.74, 6) is 1.10. The van der Waals surface area contributed by atoms with E-state index in [1.54, 1.807) is 6.20 Å². The number of likely N-dealkylation sites (tertiary alicyclic amines) is 1. The standard InChI is InChI=1S/C22H28N4O/c27-22(26-12-6-1-2-7-13-26)19-10-11-21(23-18-19)25-16-14-24(15-17-25)20-8-4-3-5-9-20/h3-5,8-11,18H,1-2,6-7,12-17H2. The lowest BCUT2D eigenvalue weighted by atomic mass is 10.2. The molecule has 2 aliphatic rings. The molecule has 0 spiro atoms. The number of carbonyl (C=O) groups is 1. The number of para-hydroxylation sites is 1. The lowest BCUT2D eigenvalue weighted by Gasteiger charge is -2.36. The van der Waals surface area contributed by atoms with Crippen molar-refractivity contribution in [2.75, 3.05) is 49.1 Å². The molecule has 5 heteroatoms. The smallest absolute Gasteiger partial charge is 0.255 e. The molecule has 5 nitrogen and oxygen atoms in total. The molecule has 1 aromatic carbocycles. The third-order valence-electron chi connectivity index (χ3n) is 5.61. The minimum Gasteiger partial charge on any atom is -0.368 e. The van der Waals surface area contributed by atoms with Gasteiger partial charge in [0, 0.05) is 51.2 Å². The van der Waals surface area contributed by atoms with Crippen LogP contribution in [-0.4, -0.2) is 55.1 Å². The maximum Gasteiger partial charge on any atom is 0.255 e. The zero-order valence-corrected chi connectivity index (χ0v) is 15.9. The molecule has 4 rings (SSSR count). The van der Waals surface area contributed by atoms with Gasteiger partial charge in [-0.3, -0.25) is 4.79 Å². The zero-order valence-electron chi connectivity index (χ0n) is 15.9. The van der Waals surface area contributed by atoms with Gasteiger partial charge in [-0.25, -0.2) is 4.98 Å². The number of nitrogens with zero attached hydrogens (tertiary/aromatic N) is 4. The SMILES string of the molecule is O=C(c1ccc(N2CCN(c3ccccc3)CC2)nc1)N1CCCCCC1. The molecule has 0 radical (unpaired) electrons. The van der Waals surface area contributed by atoms with Gasteiger partial charge in [0.15, 0.2) is 0 Å².